The normalized spacial score (nSPS) is 15.8. The number of benzene rings is 3. The van der Waals surface area contributed by atoms with Crippen molar-refractivity contribution in [2.45, 2.75) is 12.5 Å². The fourth-order valence-corrected chi connectivity index (χ4v) is 3.27. The Morgan fingerprint density at radius 2 is 1.64 bits per heavy atom. The molecule has 1 amide bonds. The number of ether oxygens (including phenoxy) is 1. The predicted molar refractivity (Wildman–Crippen MR) is 105 cm³/mol. The van der Waals surface area contributed by atoms with E-state index in [0.717, 1.165) is 5.56 Å². The van der Waals surface area contributed by atoms with Crippen molar-refractivity contribution in [1.82, 2.24) is 0 Å². The van der Waals surface area contributed by atoms with Crippen LogP contribution in [0.25, 0.3) is 0 Å². The minimum absolute atomic E-state index is 0.0650. The number of hydrogen-bond donors (Lipinski definition) is 0. The first-order chi connectivity index (χ1) is 13.7. The Morgan fingerprint density at radius 1 is 0.964 bits per heavy atom. The van der Waals surface area contributed by atoms with Gasteiger partial charge < -0.3 is 4.74 Å². The quantitative estimate of drug-likeness (QED) is 0.613. The van der Waals surface area contributed by atoms with E-state index in [0.29, 0.717) is 22.6 Å². The van der Waals surface area contributed by atoms with Gasteiger partial charge in [-0.25, -0.2) is 0 Å². The summed E-state index contributed by atoms with van der Waals surface area (Å²) in [6.07, 6.45) is -0.427. The van der Waals surface area contributed by atoms with E-state index in [1.54, 1.807) is 49.6 Å². The van der Waals surface area contributed by atoms with Crippen LogP contribution in [0.3, 0.4) is 0 Å². The average Bonchev–Trinajstić information content (AvgIpc) is 2.76. The number of carbonyl (C=O) groups excluding carboxylic acids is 2. The van der Waals surface area contributed by atoms with Gasteiger partial charge in [0.2, 0.25) is 0 Å². The molecule has 0 radical (unpaired) electrons. The number of hydroxylamine groups is 1. The van der Waals surface area contributed by atoms with Gasteiger partial charge in [0.1, 0.15) is 11.9 Å². The van der Waals surface area contributed by atoms with Crippen LogP contribution in [0.15, 0.2) is 78.9 Å². The summed E-state index contributed by atoms with van der Waals surface area (Å²) in [5, 5.41) is 1.27. The molecule has 28 heavy (non-hydrogen) atoms. The lowest BCUT2D eigenvalue weighted by atomic mass is 9.94. The highest BCUT2D eigenvalue weighted by atomic mass is 16.7. The molecule has 3 aromatic rings. The summed E-state index contributed by atoms with van der Waals surface area (Å²) in [6.45, 7) is 0. The van der Waals surface area contributed by atoms with Gasteiger partial charge in [-0.15, -0.1) is 0 Å². The smallest absolute Gasteiger partial charge is 0.282 e. The van der Waals surface area contributed by atoms with E-state index >= 15 is 0 Å². The van der Waals surface area contributed by atoms with E-state index in [9.17, 15) is 9.59 Å². The highest BCUT2D eigenvalue weighted by Crippen LogP contribution is 2.35. The summed E-state index contributed by atoms with van der Waals surface area (Å²) < 4.78 is 5.14. The van der Waals surface area contributed by atoms with E-state index in [-0.39, 0.29) is 18.1 Å². The van der Waals surface area contributed by atoms with E-state index in [2.05, 4.69) is 0 Å². The van der Waals surface area contributed by atoms with Gasteiger partial charge in [0.25, 0.3) is 5.91 Å². The number of Topliss-reactive ketones (excluding diaryl/α,β-unsaturated/α-hetero) is 1. The van der Waals surface area contributed by atoms with Gasteiger partial charge in [-0.3, -0.25) is 14.4 Å². The van der Waals surface area contributed by atoms with Crippen LogP contribution in [0.5, 0.6) is 5.75 Å². The monoisotopic (exact) mass is 373 g/mol. The van der Waals surface area contributed by atoms with Crippen LogP contribution in [0.1, 0.15) is 38.8 Å². The number of para-hydroxylation sites is 1. The molecule has 0 saturated heterocycles. The van der Waals surface area contributed by atoms with Crippen molar-refractivity contribution in [3.8, 4) is 5.75 Å². The van der Waals surface area contributed by atoms with Crippen molar-refractivity contribution in [1.29, 1.82) is 0 Å². The maximum atomic E-state index is 12.9. The van der Waals surface area contributed by atoms with Gasteiger partial charge in [0.15, 0.2) is 5.78 Å². The molecule has 4 rings (SSSR count). The molecule has 5 nitrogen and oxygen atoms in total. The number of amides is 1. The van der Waals surface area contributed by atoms with Crippen LogP contribution < -0.4 is 9.80 Å². The van der Waals surface area contributed by atoms with Crippen LogP contribution in [0, 0.1) is 0 Å². The Balaban J connectivity index is 1.64. The molecule has 0 aliphatic carbocycles. The molecule has 0 spiro atoms. The third-order valence-corrected chi connectivity index (χ3v) is 4.73. The summed E-state index contributed by atoms with van der Waals surface area (Å²) in [5.74, 6) is 0.386. The zero-order chi connectivity index (χ0) is 19.5. The Bertz CT molecular complexity index is 999. The van der Waals surface area contributed by atoms with Crippen molar-refractivity contribution in [2.24, 2.45) is 0 Å². The molecule has 0 saturated carbocycles. The van der Waals surface area contributed by atoms with Gasteiger partial charge in [-0.05, 0) is 48.0 Å². The zero-order valence-corrected chi connectivity index (χ0v) is 15.4. The largest absolute Gasteiger partial charge is 0.497 e. The Morgan fingerprint density at radius 3 is 2.36 bits per heavy atom. The summed E-state index contributed by atoms with van der Waals surface area (Å²) in [7, 11) is 1.58. The number of rotatable bonds is 5. The second kappa shape index (κ2) is 7.66. The molecule has 1 unspecified atom stereocenters. The highest BCUT2D eigenvalue weighted by Gasteiger charge is 2.34. The molecule has 1 aliphatic heterocycles. The lowest BCUT2D eigenvalue weighted by Crippen LogP contribution is -2.38. The maximum Gasteiger partial charge on any atom is 0.282 e. The number of carbonyl (C=O) groups is 2. The topological polar surface area (TPSA) is 55.8 Å². The maximum absolute atomic E-state index is 12.9. The first-order valence-electron chi connectivity index (χ1n) is 9.00. The molecule has 140 valence electrons. The van der Waals surface area contributed by atoms with E-state index in [1.807, 2.05) is 36.4 Å². The van der Waals surface area contributed by atoms with Crippen LogP contribution in [-0.2, 0) is 4.84 Å². The van der Waals surface area contributed by atoms with Crippen LogP contribution in [0.2, 0.25) is 0 Å². The van der Waals surface area contributed by atoms with Crippen molar-refractivity contribution < 1.29 is 19.2 Å². The minimum Gasteiger partial charge on any atom is -0.497 e. The highest BCUT2D eigenvalue weighted by molar-refractivity contribution is 6.07. The lowest BCUT2D eigenvalue weighted by molar-refractivity contribution is 0.0147. The standard InChI is InChI=1S/C23H19NO4/c1-27-18-13-11-16(12-14-18)21(25)15-22-19-9-5-6-10-20(19)23(26)24(28-22)17-7-3-2-4-8-17/h2-14,22H,15H2,1H3. The first kappa shape index (κ1) is 17.9. The number of hydrogen-bond acceptors (Lipinski definition) is 4. The molecule has 1 aliphatic rings. The van der Waals surface area contributed by atoms with E-state index in [1.165, 1.54) is 5.06 Å². The van der Waals surface area contributed by atoms with E-state index in [4.69, 9.17) is 9.57 Å². The van der Waals surface area contributed by atoms with Crippen molar-refractivity contribution in [3.05, 3.63) is 95.6 Å². The molecule has 5 heteroatoms. The molecule has 3 aromatic carbocycles. The fraction of sp³-hybridized carbons (Fsp3) is 0.130. The van der Waals surface area contributed by atoms with Crippen LogP contribution >= 0.6 is 0 Å². The van der Waals surface area contributed by atoms with Gasteiger partial charge in [-0.1, -0.05) is 36.4 Å². The summed E-state index contributed by atoms with van der Waals surface area (Å²) in [5.41, 5.74) is 2.47. The van der Waals surface area contributed by atoms with Crippen molar-refractivity contribution in [3.63, 3.8) is 0 Å². The van der Waals surface area contributed by atoms with Crippen molar-refractivity contribution >= 4 is 17.4 Å². The molecule has 1 atom stereocenters. The van der Waals surface area contributed by atoms with Gasteiger partial charge >= 0.3 is 0 Å². The SMILES string of the molecule is COc1ccc(C(=O)CC2ON(c3ccccc3)C(=O)c3ccccc32)cc1. The second-order valence-corrected chi connectivity index (χ2v) is 6.47. The Labute approximate surface area is 163 Å². The van der Waals surface area contributed by atoms with Gasteiger partial charge in [-0.2, -0.15) is 5.06 Å². The minimum atomic E-state index is -0.552. The molecule has 0 N–H and O–H groups in total. The molecule has 0 aromatic heterocycles. The molecular weight excluding hydrogens is 354 g/mol. The number of fused-ring (bicyclic) bond motifs is 1. The fourth-order valence-electron chi connectivity index (χ4n) is 3.27. The third-order valence-electron chi connectivity index (χ3n) is 4.73. The Kier molecular flexibility index (Phi) is 4.91. The number of anilines is 1. The third kappa shape index (κ3) is 3.40. The van der Waals surface area contributed by atoms with Gasteiger partial charge in [0.05, 0.1) is 12.8 Å². The molecular formula is C23H19NO4. The predicted octanol–water partition coefficient (Wildman–Crippen LogP) is 4.60. The number of ketones is 1. The average molecular weight is 373 g/mol. The second-order valence-electron chi connectivity index (χ2n) is 6.47. The van der Waals surface area contributed by atoms with Crippen LogP contribution in [0.4, 0.5) is 5.69 Å². The van der Waals surface area contributed by atoms with Crippen LogP contribution in [-0.4, -0.2) is 18.8 Å². The molecule has 0 bridgehead atoms. The zero-order valence-electron chi connectivity index (χ0n) is 15.4. The molecule has 1 heterocycles. The van der Waals surface area contributed by atoms with Gasteiger partial charge in [0, 0.05) is 17.5 Å². The van der Waals surface area contributed by atoms with Crippen molar-refractivity contribution in [2.75, 3.05) is 12.2 Å². The molecule has 0 fully saturated rings. The summed E-state index contributed by atoms with van der Waals surface area (Å²) in [4.78, 5) is 31.7. The van der Waals surface area contributed by atoms with E-state index < -0.39 is 6.10 Å². The number of methoxy groups -OCH3 is 1. The first-order valence-corrected chi connectivity index (χ1v) is 9.00. The number of nitrogens with zero attached hydrogens (tertiary/aromatic N) is 1. The lowest BCUT2D eigenvalue weighted by Gasteiger charge is -2.33. The summed E-state index contributed by atoms with van der Waals surface area (Å²) in [6, 6.07) is 23.4. The Hall–Kier alpha value is -3.44. The summed E-state index contributed by atoms with van der Waals surface area (Å²) >= 11 is 0.